The Labute approximate surface area is 201 Å². The zero-order chi connectivity index (χ0) is 23.7. The van der Waals surface area contributed by atoms with Crippen LogP contribution in [0.1, 0.15) is 92.6 Å². The number of carbonyl (C=O) groups excluding carboxylic acids is 1. The van der Waals surface area contributed by atoms with Crippen LogP contribution in [0.5, 0.6) is 0 Å². The number of amides is 1. The number of likely N-dealkylation sites (tertiary alicyclic amines) is 1. The summed E-state index contributed by atoms with van der Waals surface area (Å²) in [6, 6.07) is 6.69. The molecule has 2 aromatic rings. The van der Waals surface area contributed by atoms with E-state index in [0.29, 0.717) is 37.0 Å². The summed E-state index contributed by atoms with van der Waals surface area (Å²) in [5.74, 6) is 0.425. The van der Waals surface area contributed by atoms with E-state index >= 15 is 0 Å². The van der Waals surface area contributed by atoms with Gasteiger partial charge in [0.1, 0.15) is 0 Å². The maximum absolute atomic E-state index is 13.0. The summed E-state index contributed by atoms with van der Waals surface area (Å²) in [4.78, 5) is 26.8. The van der Waals surface area contributed by atoms with Gasteiger partial charge in [-0.2, -0.15) is 0 Å². The van der Waals surface area contributed by atoms with Gasteiger partial charge in [0.15, 0.2) is 0 Å². The standard InChI is InChI=1S/C27H36N4O3/c1-2-30-17-23(28-29-30)11-10-20(15-26(33)34)19-8-9-21-12-22-14-25(32)31(27(22)24(21)13-19)16-18-6-4-3-5-7-18/h8-9,13,17-18,20,22,27H,2-7,10-12,14-16H2,1H3,(H,33,34). The molecule has 3 unspecified atom stereocenters. The SMILES string of the molecule is CCn1cc(CCC(CC(=O)O)c2ccc3c(c2)C2C(CC(=O)N2CC2CCCCC2)C3)nn1. The Morgan fingerprint density at radius 3 is 2.76 bits per heavy atom. The predicted octanol–water partition coefficient (Wildman–Crippen LogP) is 4.52. The van der Waals surface area contributed by atoms with Crippen LogP contribution < -0.4 is 0 Å². The van der Waals surface area contributed by atoms with Crippen molar-refractivity contribution >= 4 is 11.9 Å². The van der Waals surface area contributed by atoms with Gasteiger partial charge < -0.3 is 10.0 Å². The van der Waals surface area contributed by atoms with Crippen LogP contribution in [0.2, 0.25) is 0 Å². The first kappa shape index (κ1) is 23.1. The second kappa shape index (κ2) is 9.88. The van der Waals surface area contributed by atoms with Crippen LogP contribution >= 0.6 is 0 Å². The highest BCUT2D eigenvalue weighted by molar-refractivity contribution is 5.80. The number of carboxylic acids is 1. The summed E-state index contributed by atoms with van der Waals surface area (Å²) < 4.78 is 1.80. The summed E-state index contributed by atoms with van der Waals surface area (Å²) in [6.45, 7) is 3.68. The Morgan fingerprint density at radius 1 is 1.21 bits per heavy atom. The Bertz CT molecular complexity index is 1040. The van der Waals surface area contributed by atoms with Gasteiger partial charge in [-0.1, -0.05) is 42.7 Å². The maximum atomic E-state index is 13.0. The highest BCUT2D eigenvalue weighted by Crippen LogP contribution is 2.48. The first-order valence-corrected chi connectivity index (χ1v) is 13.0. The molecule has 1 saturated heterocycles. The van der Waals surface area contributed by atoms with Gasteiger partial charge in [0.05, 0.1) is 18.2 Å². The average Bonchev–Trinajstić information content (AvgIpc) is 3.51. The fraction of sp³-hybridized carbons (Fsp3) is 0.630. The molecule has 1 amide bonds. The van der Waals surface area contributed by atoms with Crippen molar-refractivity contribution < 1.29 is 14.7 Å². The molecule has 2 aliphatic carbocycles. The molecule has 1 aliphatic heterocycles. The number of hydrogen-bond acceptors (Lipinski definition) is 4. The quantitative estimate of drug-likeness (QED) is 0.590. The molecule has 7 nitrogen and oxygen atoms in total. The molecule has 1 N–H and O–H groups in total. The Kier molecular flexibility index (Phi) is 6.70. The molecule has 5 rings (SSSR count). The van der Waals surface area contributed by atoms with Gasteiger partial charge in [0.25, 0.3) is 0 Å². The highest BCUT2D eigenvalue weighted by Gasteiger charge is 2.46. The monoisotopic (exact) mass is 464 g/mol. The molecule has 3 atom stereocenters. The van der Waals surface area contributed by atoms with Crippen molar-refractivity contribution in [3.8, 4) is 0 Å². The number of fused-ring (bicyclic) bond motifs is 3. The molecule has 3 aliphatic rings. The summed E-state index contributed by atoms with van der Waals surface area (Å²) >= 11 is 0. The Balaban J connectivity index is 1.36. The normalized spacial score (nSPS) is 23.2. The second-order valence-corrected chi connectivity index (χ2v) is 10.5. The van der Waals surface area contributed by atoms with Crippen LogP contribution in [0.4, 0.5) is 0 Å². The van der Waals surface area contributed by atoms with E-state index < -0.39 is 5.97 Å². The number of benzene rings is 1. The number of aromatic nitrogens is 3. The van der Waals surface area contributed by atoms with E-state index in [0.717, 1.165) is 30.8 Å². The third-order valence-corrected chi connectivity index (χ3v) is 8.24. The van der Waals surface area contributed by atoms with Crippen LogP contribution in [-0.2, 0) is 29.0 Å². The lowest BCUT2D eigenvalue weighted by Gasteiger charge is -2.31. The van der Waals surface area contributed by atoms with E-state index in [9.17, 15) is 14.7 Å². The van der Waals surface area contributed by atoms with E-state index in [2.05, 4.69) is 33.4 Å². The van der Waals surface area contributed by atoms with E-state index in [1.807, 2.05) is 13.1 Å². The first-order valence-electron chi connectivity index (χ1n) is 13.0. The number of carboxylic acid groups (broad SMARTS) is 1. The van der Waals surface area contributed by atoms with Gasteiger partial charge in [-0.05, 0) is 73.5 Å². The lowest BCUT2D eigenvalue weighted by Crippen LogP contribution is -2.33. The number of rotatable bonds is 9. The fourth-order valence-corrected chi connectivity index (χ4v) is 6.47. The molecular weight excluding hydrogens is 428 g/mol. The fourth-order valence-electron chi connectivity index (χ4n) is 6.47. The number of carbonyl (C=O) groups is 2. The smallest absolute Gasteiger partial charge is 0.303 e. The Morgan fingerprint density at radius 2 is 2.03 bits per heavy atom. The number of nitrogens with zero attached hydrogens (tertiary/aromatic N) is 4. The molecule has 2 heterocycles. The second-order valence-electron chi connectivity index (χ2n) is 10.5. The van der Waals surface area contributed by atoms with Gasteiger partial charge in [-0.3, -0.25) is 14.3 Å². The molecule has 7 heteroatoms. The lowest BCUT2D eigenvalue weighted by atomic mass is 9.87. The van der Waals surface area contributed by atoms with Gasteiger partial charge >= 0.3 is 5.97 Å². The number of aryl methyl sites for hydroxylation is 2. The largest absolute Gasteiger partial charge is 0.481 e. The molecule has 0 bridgehead atoms. The Hall–Kier alpha value is -2.70. The molecule has 0 radical (unpaired) electrons. The van der Waals surface area contributed by atoms with Crippen LogP contribution in [0, 0.1) is 11.8 Å². The van der Waals surface area contributed by atoms with Crippen molar-refractivity contribution in [3.63, 3.8) is 0 Å². The summed E-state index contributed by atoms with van der Waals surface area (Å²) in [7, 11) is 0. The minimum atomic E-state index is -0.782. The molecule has 182 valence electrons. The van der Waals surface area contributed by atoms with Crippen molar-refractivity contribution in [2.75, 3.05) is 6.54 Å². The van der Waals surface area contributed by atoms with E-state index in [1.54, 1.807) is 4.68 Å². The van der Waals surface area contributed by atoms with Crippen molar-refractivity contribution in [1.82, 2.24) is 19.9 Å². The lowest BCUT2D eigenvalue weighted by molar-refractivity contribution is -0.137. The predicted molar refractivity (Wildman–Crippen MR) is 128 cm³/mol. The molecular formula is C27H36N4O3. The summed E-state index contributed by atoms with van der Waals surface area (Å²) in [6.07, 6.45) is 11.4. The van der Waals surface area contributed by atoms with Crippen LogP contribution in [-0.4, -0.2) is 43.4 Å². The molecule has 2 fully saturated rings. The zero-order valence-corrected chi connectivity index (χ0v) is 20.2. The van der Waals surface area contributed by atoms with E-state index in [1.165, 1.54) is 43.2 Å². The third kappa shape index (κ3) is 4.75. The van der Waals surface area contributed by atoms with Gasteiger partial charge in [0.2, 0.25) is 5.91 Å². The molecule has 34 heavy (non-hydrogen) atoms. The molecule has 1 aromatic carbocycles. The summed E-state index contributed by atoms with van der Waals surface area (Å²) in [5, 5.41) is 17.9. The average molecular weight is 465 g/mol. The van der Waals surface area contributed by atoms with Gasteiger partial charge in [0, 0.05) is 25.7 Å². The topological polar surface area (TPSA) is 88.3 Å². The maximum Gasteiger partial charge on any atom is 0.303 e. The van der Waals surface area contributed by atoms with E-state index in [4.69, 9.17) is 0 Å². The van der Waals surface area contributed by atoms with Gasteiger partial charge in [-0.25, -0.2) is 0 Å². The zero-order valence-electron chi connectivity index (χ0n) is 20.2. The van der Waals surface area contributed by atoms with Crippen LogP contribution in [0.15, 0.2) is 24.4 Å². The van der Waals surface area contributed by atoms with Crippen molar-refractivity contribution in [1.29, 1.82) is 0 Å². The molecule has 1 aromatic heterocycles. The summed E-state index contributed by atoms with van der Waals surface area (Å²) in [5.41, 5.74) is 4.57. The number of hydrogen-bond donors (Lipinski definition) is 1. The van der Waals surface area contributed by atoms with E-state index in [-0.39, 0.29) is 18.4 Å². The van der Waals surface area contributed by atoms with Crippen LogP contribution in [0.3, 0.4) is 0 Å². The number of aliphatic carboxylic acids is 1. The van der Waals surface area contributed by atoms with Crippen molar-refractivity contribution in [3.05, 3.63) is 46.8 Å². The molecule has 1 saturated carbocycles. The highest BCUT2D eigenvalue weighted by atomic mass is 16.4. The van der Waals surface area contributed by atoms with Gasteiger partial charge in [-0.15, -0.1) is 5.10 Å². The minimum Gasteiger partial charge on any atom is -0.481 e. The van der Waals surface area contributed by atoms with Crippen molar-refractivity contribution in [2.45, 2.75) is 89.6 Å². The van der Waals surface area contributed by atoms with Crippen LogP contribution in [0.25, 0.3) is 0 Å². The van der Waals surface area contributed by atoms with Crippen molar-refractivity contribution in [2.24, 2.45) is 11.8 Å². The third-order valence-electron chi connectivity index (χ3n) is 8.24. The molecule has 0 spiro atoms. The first-order chi connectivity index (χ1) is 16.5. The minimum absolute atomic E-state index is 0.0856.